The van der Waals surface area contributed by atoms with E-state index in [9.17, 15) is 5.11 Å². The van der Waals surface area contributed by atoms with Gasteiger partial charge in [0.15, 0.2) is 0 Å². The maximum absolute atomic E-state index is 11.6. The number of aromatic hydroxyl groups is 1. The van der Waals surface area contributed by atoms with Crippen molar-refractivity contribution in [2.24, 2.45) is 0 Å². The number of imidazole rings is 1. The largest absolute Gasteiger partial charge is 0.507 e. The summed E-state index contributed by atoms with van der Waals surface area (Å²) in [4.78, 5) is 10.1. The van der Waals surface area contributed by atoms with Crippen LogP contribution in [0.5, 0.6) is 5.75 Å². The van der Waals surface area contributed by atoms with E-state index in [4.69, 9.17) is 23.7 Å². The quantitative estimate of drug-likeness (QED) is 0.162. The third kappa shape index (κ3) is 8.58. The van der Waals surface area contributed by atoms with Crippen molar-refractivity contribution in [3.63, 3.8) is 0 Å². The molecule has 0 aliphatic rings. The van der Waals surface area contributed by atoms with Crippen LogP contribution >= 0.6 is 0 Å². The summed E-state index contributed by atoms with van der Waals surface area (Å²) in [6, 6.07) is 42.8. The first kappa shape index (κ1) is 32.3. The molecule has 2 aromatic heterocycles. The molecule has 0 amide bonds. The fourth-order valence-corrected chi connectivity index (χ4v) is 7.89. The molecule has 0 saturated heterocycles. The van der Waals surface area contributed by atoms with E-state index in [1.807, 2.05) is 83.4 Å². The third-order valence-corrected chi connectivity index (χ3v) is 11.3. The number of pyridine rings is 1. The number of benzene rings is 7. The van der Waals surface area contributed by atoms with Crippen LogP contribution in [0.25, 0.3) is 83.9 Å². The van der Waals surface area contributed by atoms with Crippen molar-refractivity contribution in [3.05, 3.63) is 192 Å². The van der Waals surface area contributed by atoms with Gasteiger partial charge in [-0.1, -0.05) is 167 Å². The Kier molecular flexibility index (Phi) is 8.77. The Labute approximate surface area is 400 Å². The van der Waals surface area contributed by atoms with Gasteiger partial charge in [0.05, 0.1) is 27.8 Å². The second-order valence-corrected chi connectivity index (χ2v) is 17.7. The summed E-state index contributed by atoms with van der Waals surface area (Å²) in [6.07, 6.45) is 1.52. The second kappa shape index (κ2) is 17.1. The van der Waals surface area contributed by atoms with Gasteiger partial charge < -0.3 is 5.11 Å². The van der Waals surface area contributed by atoms with E-state index in [2.05, 4.69) is 65.8 Å². The molecule has 0 unspecified atom stereocenters. The number of aromatic nitrogens is 3. The van der Waals surface area contributed by atoms with E-state index in [0.717, 1.165) is 22.3 Å². The summed E-state index contributed by atoms with van der Waals surface area (Å²) in [6.45, 7) is 7.36. The molecule has 0 spiro atoms. The van der Waals surface area contributed by atoms with E-state index in [-0.39, 0.29) is 43.4 Å². The zero-order valence-corrected chi connectivity index (χ0v) is 38.2. The number of para-hydroxylation sites is 2. The van der Waals surface area contributed by atoms with Gasteiger partial charge in [0.25, 0.3) is 0 Å². The molecular formula is C58H52N3OPt-. The Morgan fingerprint density at radius 3 is 1.97 bits per heavy atom. The Morgan fingerprint density at radius 2 is 1.27 bits per heavy atom. The van der Waals surface area contributed by atoms with E-state index in [1.54, 1.807) is 36.4 Å². The molecule has 5 heteroatoms. The first-order chi connectivity index (χ1) is 33.8. The number of hydrogen-bond acceptors (Lipinski definition) is 3. The van der Waals surface area contributed by atoms with Gasteiger partial charge in [-0.3, -0.25) is 9.55 Å². The second-order valence-electron chi connectivity index (χ2n) is 17.7. The SMILES string of the molecule is [2H]c1c([2H])c(C([2H])([2H])[2H])c([2H])c([2H])c1-c1ccnc(-c2[c-]c(-c3cccc4c3nc(-c3ccccc3O)n4-c3cc(-c4ccccc4)c(C([2H])([2H])[2H])cc3-c3ccc(C(C)(C)C)cc3)cc(C(C)(C)C)c2)c1.[Pt]. The fourth-order valence-electron chi connectivity index (χ4n) is 7.89. The molecule has 0 fully saturated rings. The van der Waals surface area contributed by atoms with E-state index in [1.165, 1.54) is 6.20 Å². The Bertz CT molecular complexity index is 3540. The van der Waals surface area contributed by atoms with Gasteiger partial charge in [-0.25, -0.2) is 4.98 Å². The number of hydrogen-bond donors (Lipinski definition) is 1. The first-order valence-electron chi connectivity index (χ1n) is 25.6. The smallest absolute Gasteiger partial charge is 0.148 e. The number of fused-ring (bicyclic) bond motifs is 1. The summed E-state index contributed by atoms with van der Waals surface area (Å²) in [5, 5.41) is 11.6. The Morgan fingerprint density at radius 1 is 0.587 bits per heavy atom. The maximum atomic E-state index is 11.6. The predicted molar refractivity (Wildman–Crippen MR) is 259 cm³/mol. The van der Waals surface area contributed by atoms with E-state index >= 15 is 0 Å². The minimum Gasteiger partial charge on any atom is -0.507 e. The van der Waals surface area contributed by atoms with Crippen molar-refractivity contribution < 1.29 is 39.9 Å². The number of phenolic OH excluding ortho intramolecular Hbond substituents is 1. The van der Waals surface area contributed by atoms with Crippen molar-refractivity contribution in [1.82, 2.24) is 14.5 Å². The summed E-state index contributed by atoms with van der Waals surface area (Å²) < 4.78 is 87.0. The van der Waals surface area contributed by atoms with E-state index in [0.29, 0.717) is 67.2 Å². The first-order valence-corrected chi connectivity index (χ1v) is 20.6. The molecule has 63 heavy (non-hydrogen) atoms. The maximum Gasteiger partial charge on any atom is 0.148 e. The van der Waals surface area contributed by atoms with Crippen LogP contribution in [-0.4, -0.2) is 19.6 Å². The van der Waals surface area contributed by atoms with Gasteiger partial charge in [0.2, 0.25) is 0 Å². The van der Waals surface area contributed by atoms with Crippen molar-refractivity contribution in [2.45, 2.75) is 66.1 Å². The zero-order valence-electron chi connectivity index (χ0n) is 45.9. The summed E-state index contributed by atoms with van der Waals surface area (Å²) in [5.41, 5.74) is 8.69. The van der Waals surface area contributed by atoms with Crippen LogP contribution in [0.2, 0.25) is 0 Å². The van der Waals surface area contributed by atoms with Crippen LogP contribution in [0.4, 0.5) is 0 Å². The monoisotopic (exact) mass is 1010 g/mol. The molecule has 0 bridgehead atoms. The molecule has 7 aromatic carbocycles. The van der Waals surface area contributed by atoms with E-state index < -0.39 is 48.9 Å². The van der Waals surface area contributed by atoms with Gasteiger partial charge in [-0.05, 0) is 99.9 Å². The van der Waals surface area contributed by atoms with Gasteiger partial charge in [0, 0.05) is 46.7 Å². The van der Waals surface area contributed by atoms with Crippen LogP contribution in [-0.2, 0) is 31.9 Å². The molecule has 0 saturated carbocycles. The number of nitrogens with zero attached hydrogens (tertiary/aromatic N) is 3. The van der Waals surface area contributed by atoms with Crippen LogP contribution in [0.1, 0.15) is 77.5 Å². The summed E-state index contributed by atoms with van der Waals surface area (Å²) in [5.74, 6) is 0.410. The van der Waals surface area contributed by atoms with Crippen LogP contribution in [0, 0.1) is 19.8 Å². The van der Waals surface area contributed by atoms with Crippen LogP contribution in [0.15, 0.2) is 164 Å². The topological polar surface area (TPSA) is 50.9 Å². The normalized spacial score (nSPS) is 14.4. The number of rotatable bonds is 7. The summed E-state index contributed by atoms with van der Waals surface area (Å²) in [7, 11) is 0. The average molecular weight is 1010 g/mol. The molecule has 0 atom stereocenters. The zero-order chi connectivity index (χ0) is 51.8. The molecule has 316 valence electrons. The fraction of sp³-hybridized carbons (Fsp3) is 0.172. The molecule has 0 aliphatic heterocycles. The Balaban J connectivity index is 0.00000711. The van der Waals surface area contributed by atoms with Gasteiger partial charge in [-0.15, -0.1) is 29.3 Å². The van der Waals surface area contributed by atoms with Crippen molar-refractivity contribution in [3.8, 4) is 78.6 Å². The average Bonchev–Trinajstić information content (AvgIpc) is 3.72. The third-order valence-electron chi connectivity index (χ3n) is 11.3. The molecule has 1 N–H and O–H groups in total. The van der Waals surface area contributed by atoms with Crippen LogP contribution < -0.4 is 0 Å². The standard InChI is InChI=1S/C58H52N3O.Pt/c1-37-21-23-39(24-22-37)42-29-30-59-51(35-42)44-32-43(33-46(34-44)58(6,7)8)47-18-14-19-52-55(47)60-56(48-17-12-13-20-54(48)62)61(52)53-36-49(40-15-10-9-11-16-40)38(2)31-50(53)41-25-27-45(28-26-41)57(3,4)5;/h9-31,33-36,62H,1-8H3;/q-1;/i1D3,2D3,21D,22D,23D,24D;. The van der Waals surface area contributed by atoms with Gasteiger partial charge >= 0.3 is 0 Å². The predicted octanol–water partition coefficient (Wildman–Crippen LogP) is 15.1. The van der Waals surface area contributed by atoms with Gasteiger partial charge in [0.1, 0.15) is 11.6 Å². The Hall–Kier alpha value is -6.35. The van der Waals surface area contributed by atoms with Crippen molar-refractivity contribution in [2.75, 3.05) is 0 Å². The number of aryl methyl sites for hydroxylation is 1. The minimum absolute atomic E-state index is 0. The summed E-state index contributed by atoms with van der Waals surface area (Å²) >= 11 is 0. The molecule has 0 radical (unpaired) electrons. The van der Waals surface area contributed by atoms with Crippen molar-refractivity contribution >= 4 is 11.0 Å². The molecule has 4 nitrogen and oxygen atoms in total. The molecule has 2 heterocycles. The number of phenols is 1. The van der Waals surface area contributed by atoms with Gasteiger partial charge in [-0.2, -0.15) is 0 Å². The molecule has 9 aromatic rings. The molecular weight excluding hydrogens is 950 g/mol. The van der Waals surface area contributed by atoms with Crippen molar-refractivity contribution in [1.29, 1.82) is 0 Å². The minimum atomic E-state index is -2.85. The molecule has 9 rings (SSSR count). The van der Waals surface area contributed by atoms with Crippen LogP contribution in [0.3, 0.4) is 0 Å². The molecule has 0 aliphatic carbocycles.